The molecule has 2 aromatic rings. The SMILES string of the molecule is CCN1CCN(C(=O)COc2ccc(S(=O)(=O)N3CCc4ccccc43)cc2C)CC1. The van der Waals surface area contributed by atoms with Gasteiger partial charge >= 0.3 is 0 Å². The number of carbonyl (C=O) groups excluding carboxylic acids is 1. The maximum absolute atomic E-state index is 13.2. The fourth-order valence-corrected chi connectivity index (χ4v) is 5.76. The lowest BCUT2D eigenvalue weighted by molar-refractivity contribution is -0.135. The largest absolute Gasteiger partial charge is 0.483 e. The summed E-state index contributed by atoms with van der Waals surface area (Å²) < 4.78 is 33.6. The number of benzene rings is 2. The number of hydrogen-bond acceptors (Lipinski definition) is 5. The van der Waals surface area contributed by atoms with Crippen molar-refractivity contribution >= 4 is 21.6 Å². The monoisotopic (exact) mass is 443 g/mol. The van der Waals surface area contributed by atoms with Crippen LogP contribution in [0.25, 0.3) is 0 Å². The second-order valence-corrected chi connectivity index (χ2v) is 9.85. The first-order valence-corrected chi connectivity index (χ1v) is 12.2. The number of aryl methyl sites for hydroxylation is 1. The average molecular weight is 444 g/mol. The average Bonchev–Trinajstić information content (AvgIpc) is 3.23. The Morgan fingerprint density at radius 3 is 2.48 bits per heavy atom. The van der Waals surface area contributed by atoms with Crippen molar-refractivity contribution in [3.63, 3.8) is 0 Å². The van der Waals surface area contributed by atoms with Crippen molar-refractivity contribution in [2.24, 2.45) is 0 Å². The van der Waals surface area contributed by atoms with Gasteiger partial charge in [0.2, 0.25) is 0 Å². The Morgan fingerprint density at radius 2 is 1.77 bits per heavy atom. The summed E-state index contributed by atoms with van der Waals surface area (Å²) in [5.74, 6) is 0.488. The van der Waals surface area contributed by atoms with Gasteiger partial charge in [0.1, 0.15) is 5.75 Å². The molecule has 2 aliphatic rings. The molecule has 2 aliphatic heterocycles. The summed E-state index contributed by atoms with van der Waals surface area (Å²) in [5, 5.41) is 0. The molecule has 2 aromatic carbocycles. The van der Waals surface area contributed by atoms with Crippen molar-refractivity contribution < 1.29 is 17.9 Å². The Balaban J connectivity index is 1.42. The molecule has 31 heavy (non-hydrogen) atoms. The summed E-state index contributed by atoms with van der Waals surface area (Å²) in [6.45, 7) is 8.51. The van der Waals surface area contributed by atoms with Crippen LogP contribution < -0.4 is 9.04 Å². The van der Waals surface area contributed by atoms with Gasteiger partial charge in [0.15, 0.2) is 6.61 Å². The molecule has 2 heterocycles. The standard InChI is InChI=1S/C23H29N3O4S/c1-3-24-12-14-25(15-13-24)23(27)17-30-22-9-8-20(16-18(22)2)31(28,29)26-11-10-19-6-4-5-7-21(19)26/h4-9,16H,3,10-15,17H2,1-2H3. The molecule has 1 fully saturated rings. The minimum Gasteiger partial charge on any atom is -0.483 e. The summed E-state index contributed by atoms with van der Waals surface area (Å²) in [6, 6.07) is 12.4. The van der Waals surface area contributed by atoms with E-state index < -0.39 is 10.0 Å². The molecular formula is C23H29N3O4S. The van der Waals surface area contributed by atoms with Crippen molar-refractivity contribution in [3.8, 4) is 5.75 Å². The Labute approximate surface area is 184 Å². The van der Waals surface area contributed by atoms with Gasteiger partial charge in [-0.1, -0.05) is 25.1 Å². The number of hydrogen-bond donors (Lipinski definition) is 0. The molecule has 0 spiro atoms. The highest BCUT2D eigenvalue weighted by Crippen LogP contribution is 2.33. The second kappa shape index (κ2) is 8.88. The van der Waals surface area contributed by atoms with Gasteiger partial charge < -0.3 is 14.5 Å². The summed E-state index contributed by atoms with van der Waals surface area (Å²) >= 11 is 0. The van der Waals surface area contributed by atoms with E-state index in [1.165, 1.54) is 4.31 Å². The van der Waals surface area contributed by atoms with Crippen LogP contribution in [0.3, 0.4) is 0 Å². The van der Waals surface area contributed by atoms with Gasteiger partial charge in [-0.3, -0.25) is 9.10 Å². The Kier molecular flexibility index (Phi) is 6.20. The number of nitrogens with zero attached hydrogens (tertiary/aromatic N) is 3. The molecule has 0 aliphatic carbocycles. The van der Waals surface area contributed by atoms with Crippen molar-refractivity contribution in [2.75, 3.05) is 50.2 Å². The van der Waals surface area contributed by atoms with Gasteiger partial charge in [0, 0.05) is 32.7 Å². The van der Waals surface area contributed by atoms with Crippen LogP contribution >= 0.6 is 0 Å². The van der Waals surface area contributed by atoms with Crippen LogP contribution in [0.4, 0.5) is 5.69 Å². The molecule has 0 bridgehead atoms. The summed E-state index contributed by atoms with van der Waals surface area (Å²) in [4.78, 5) is 16.8. The number of sulfonamides is 1. The molecule has 1 amide bonds. The fourth-order valence-electron chi connectivity index (χ4n) is 4.17. The van der Waals surface area contributed by atoms with E-state index >= 15 is 0 Å². The molecule has 8 heteroatoms. The van der Waals surface area contributed by atoms with Crippen LogP contribution in [-0.2, 0) is 21.2 Å². The first-order valence-electron chi connectivity index (χ1n) is 10.7. The zero-order valence-electron chi connectivity index (χ0n) is 18.1. The van der Waals surface area contributed by atoms with Gasteiger partial charge in [-0.05, 0) is 55.3 Å². The topological polar surface area (TPSA) is 70.2 Å². The number of anilines is 1. The molecule has 0 N–H and O–H groups in total. The van der Waals surface area contributed by atoms with Gasteiger partial charge in [-0.2, -0.15) is 0 Å². The lowest BCUT2D eigenvalue weighted by atomic mass is 10.2. The molecule has 0 radical (unpaired) electrons. The molecule has 4 rings (SSSR count). The van der Waals surface area contributed by atoms with E-state index in [1.54, 1.807) is 25.1 Å². The number of rotatable bonds is 6. The molecule has 0 atom stereocenters. The molecule has 0 unspecified atom stereocenters. The number of carbonyl (C=O) groups is 1. The van der Waals surface area contributed by atoms with E-state index in [-0.39, 0.29) is 17.4 Å². The lowest BCUT2D eigenvalue weighted by Gasteiger charge is -2.34. The molecule has 1 saturated heterocycles. The highest BCUT2D eigenvalue weighted by molar-refractivity contribution is 7.92. The van der Waals surface area contributed by atoms with Gasteiger partial charge in [-0.15, -0.1) is 0 Å². The number of fused-ring (bicyclic) bond motifs is 1. The van der Waals surface area contributed by atoms with E-state index in [0.29, 0.717) is 37.4 Å². The zero-order chi connectivity index (χ0) is 22.0. The van der Waals surface area contributed by atoms with E-state index in [2.05, 4.69) is 11.8 Å². The van der Waals surface area contributed by atoms with E-state index in [9.17, 15) is 13.2 Å². The van der Waals surface area contributed by atoms with Crippen LogP contribution in [0.2, 0.25) is 0 Å². The number of piperazine rings is 1. The van der Waals surface area contributed by atoms with E-state index in [0.717, 1.165) is 30.9 Å². The summed E-state index contributed by atoms with van der Waals surface area (Å²) in [6.07, 6.45) is 0.713. The third-order valence-corrected chi connectivity index (χ3v) is 7.91. The van der Waals surface area contributed by atoms with Crippen LogP contribution in [0, 0.1) is 6.92 Å². The summed E-state index contributed by atoms with van der Waals surface area (Å²) in [7, 11) is -3.65. The molecule has 0 aromatic heterocycles. The molecular weight excluding hydrogens is 414 g/mol. The molecule has 0 saturated carbocycles. The Hall–Kier alpha value is -2.58. The highest BCUT2D eigenvalue weighted by Gasteiger charge is 2.31. The number of para-hydroxylation sites is 1. The minimum absolute atomic E-state index is 0.0412. The molecule has 166 valence electrons. The second-order valence-electron chi connectivity index (χ2n) is 7.99. The third-order valence-electron chi connectivity index (χ3n) is 6.10. The molecule has 7 nitrogen and oxygen atoms in total. The Morgan fingerprint density at radius 1 is 1.03 bits per heavy atom. The number of likely N-dealkylation sites (N-methyl/N-ethyl adjacent to an activating group) is 1. The first-order chi connectivity index (χ1) is 14.9. The van der Waals surface area contributed by atoms with Crippen molar-refractivity contribution in [1.82, 2.24) is 9.80 Å². The number of ether oxygens (including phenoxy) is 1. The minimum atomic E-state index is -3.65. The normalized spacial score (nSPS) is 17.0. The lowest BCUT2D eigenvalue weighted by Crippen LogP contribution is -2.49. The van der Waals surface area contributed by atoms with Gasteiger partial charge in [-0.25, -0.2) is 8.42 Å². The summed E-state index contributed by atoms with van der Waals surface area (Å²) in [5.41, 5.74) is 2.48. The van der Waals surface area contributed by atoms with Crippen LogP contribution in [-0.4, -0.2) is 70.0 Å². The van der Waals surface area contributed by atoms with E-state index in [1.807, 2.05) is 29.2 Å². The zero-order valence-corrected chi connectivity index (χ0v) is 18.9. The number of amides is 1. The van der Waals surface area contributed by atoms with Crippen LogP contribution in [0.5, 0.6) is 5.75 Å². The van der Waals surface area contributed by atoms with Gasteiger partial charge in [0.05, 0.1) is 10.6 Å². The van der Waals surface area contributed by atoms with Crippen molar-refractivity contribution in [3.05, 3.63) is 53.6 Å². The smallest absolute Gasteiger partial charge is 0.264 e. The van der Waals surface area contributed by atoms with Crippen LogP contribution in [0.15, 0.2) is 47.4 Å². The third kappa shape index (κ3) is 4.41. The quantitative estimate of drug-likeness (QED) is 0.685. The fraction of sp³-hybridized carbons (Fsp3) is 0.435. The predicted octanol–water partition coefficient (Wildman–Crippen LogP) is 2.29. The van der Waals surface area contributed by atoms with Crippen LogP contribution in [0.1, 0.15) is 18.1 Å². The Bertz CT molecular complexity index is 1060. The predicted molar refractivity (Wildman–Crippen MR) is 120 cm³/mol. The van der Waals surface area contributed by atoms with Crippen molar-refractivity contribution in [2.45, 2.75) is 25.2 Å². The maximum Gasteiger partial charge on any atom is 0.264 e. The first kappa shape index (κ1) is 21.6. The van der Waals surface area contributed by atoms with Gasteiger partial charge in [0.25, 0.3) is 15.9 Å². The van der Waals surface area contributed by atoms with E-state index in [4.69, 9.17) is 4.74 Å². The van der Waals surface area contributed by atoms with Crippen molar-refractivity contribution in [1.29, 1.82) is 0 Å². The highest BCUT2D eigenvalue weighted by atomic mass is 32.2. The maximum atomic E-state index is 13.2.